The monoisotopic (exact) mass is 652 g/mol. The van der Waals surface area contributed by atoms with Gasteiger partial charge in [-0.05, 0) is 116 Å². The van der Waals surface area contributed by atoms with Gasteiger partial charge in [-0.25, -0.2) is 9.37 Å². The van der Waals surface area contributed by atoms with Gasteiger partial charge in [0, 0.05) is 16.5 Å². The molecular formula is C41H53FN4O2. The summed E-state index contributed by atoms with van der Waals surface area (Å²) >= 11 is 0. The van der Waals surface area contributed by atoms with E-state index in [1.807, 2.05) is 17.5 Å². The Kier molecular flexibility index (Phi) is 7.00. The van der Waals surface area contributed by atoms with Gasteiger partial charge in [-0.2, -0.15) is 14.6 Å². The molecule has 0 saturated heterocycles. The van der Waals surface area contributed by atoms with Gasteiger partial charge in [0.2, 0.25) is 0 Å². The Hall–Kier alpha value is -3.09. The quantitative estimate of drug-likeness (QED) is 0.209. The second-order valence-corrected chi connectivity index (χ2v) is 17.7. The third-order valence-corrected chi connectivity index (χ3v) is 15.6. The van der Waals surface area contributed by atoms with Gasteiger partial charge in [-0.3, -0.25) is 4.79 Å². The summed E-state index contributed by atoms with van der Waals surface area (Å²) in [6, 6.07) is 6.92. The van der Waals surface area contributed by atoms with Crippen molar-refractivity contribution in [3.63, 3.8) is 0 Å². The van der Waals surface area contributed by atoms with Crippen molar-refractivity contribution in [3.05, 3.63) is 59.3 Å². The summed E-state index contributed by atoms with van der Waals surface area (Å²) in [4.78, 5) is 23.7. The number of hydrogen-bond acceptors (Lipinski definition) is 5. The Morgan fingerprint density at radius 3 is 2.58 bits per heavy atom. The van der Waals surface area contributed by atoms with Crippen molar-refractivity contribution < 1.29 is 13.9 Å². The zero-order valence-corrected chi connectivity index (χ0v) is 30.2. The van der Waals surface area contributed by atoms with Crippen molar-refractivity contribution in [2.24, 2.45) is 51.2 Å². The maximum Gasteiger partial charge on any atom is 0.312 e. The predicted octanol–water partition coefficient (Wildman–Crippen LogP) is 9.16. The van der Waals surface area contributed by atoms with Gasteiger partial charge in [0.15, 0.2) is 0 Å². The zero-order valence-electron chi connectivity index (χ0n) is 30.2. The van der Waals surface area contributed by atoms with E-state index in [9.17, 15) is 9.18 Å². The van der Waals surface area contributed by atoms with Gasteiger partial charge in [0.1, 0.15) is 12.1 Å². The first-order valence-electron chi connectivity index (χ1n) is 18.6. The molecule has 0 aliphatic heterocycles. The molecule has 0 radical (unpaired) electrons. The van der Waals surface area contributed by atoms with E-state index in [2.05, 4.69) is 64.6 Å². The highest BCUT2D eigenvalue weighted by molar-refractivity contribution is 5.79. The molecule has 3 unspecified atom stereocenters. The van der Waals surface area contributed by atoms with Crippen molar-refractivity contribution in [2.75, 3.05) is 6.61 Å². The first-order valence-corrected chi connectivity index (χ1v) is 18.6. The van der Waals surface area contributed by atoms with Crippen molar-refractivity contribution in [1.29, 1.82) is 0 Å². The maximum absolute atomic E-state index is 14.8. The molecule has 5 aliphatic rings. The van der Waals surface area contributed by atoms with E-state index in [1.54, 1.807) is 24.0 Å². The van der Waals surface area contributed by atoms with Crippen LogP contribution < -0.4 is 0 Å². The molecule has 6 nitrogen and oxygen atoms in total. The van der Waals surface area contributed by atoms with Gasteiger partial charge in [-0.1, -0.05) is 72.2 Å². The van der Waals surface area contributed by atoms with Crippen LogP contribution in [0.15, 0.2) is 42.2 Å². The number of ether oxygens (including phenoxy) is 1. The summed E-state index contributed by atoms with van der Waals surface area (Å²) in [5.74, 6) is 2.50. The number of benzene rings is 1. The van der Waals surface area contributed by atoms with Crippen LogP contribution in [-0.4, -0.2) is 32.2 Å². The molecule has 256 valence electrons. The molecule has 3 saturated carbocycles. The lowest BCUT2D eigenvalue weighted by Gasteiger charge is -2.71. The normalized spacial score (nSPS) is 39.7. The second kappa shape index (κ2) is 10.5. The van der Waals surface area contributed by atoms with Crippen LogP contribution in [0.5, 0.6) is 0 Å². The first-order chi connectivity index (χ1) is 22.7. The van der Waals surface area contributed by atoms with E-state index in [0.29, 0.717) is 36.1 Å². The molecule has 2 heterocycles. The van der Waals surface area contributed by atoms with Crippen LogP contribution >= 0.6 is 0 Å². The number of esters is 1. The molecule has 0 spiro atoms. The van der Waals surface area contributed by atoms with Gasteiger partial charge in [-0.15, -0.1) is 0 Å². The maximum atomic E-state index is 14.8. The third-order valence-electron chi connectivity index (χ3n) is 15.6. The molecule has 0 bridgehead atoms. The lowest BCUT2D eigenvalue weighted by Crippen LogP contribution is -2.65. The predicted molar refractivity (Wildman–Crippen MR) is 185 cm³/mol. The largest absolute Gasteiger partial charge is 0.466 e. The van der Waals surface area contributed by atoms with E-state index in [0.717, 1.165) is 68.3 Å². The Labute approximate surface area is 285 Å². The summed E-state index contributed by atoms with van der Waals surface area (Å²) in [5, 5.41) is 4.63. The van der Waals surface area contributed by atoms with Gasteiger partial charge < -0.3 is 4.74 Å². The fraction of sp³-hybridized carbons (Fsp3) is 0.659. The molecule has 5 aliphatic carbocycles. The van der Waals surface area contributed by atoms with Gasteiger partial charge >= 0.3 is 5.97 Å². The van der Waals surface area contributed by atoms with Crippen LogP contribution in [0.3, 0.4) is 0 Å². The summed E-state index contributed by atoms with van der Waals surface area (Å²) < 4.78 is 22.5. The smallest absolute Gasteiger partial charge is 0.312 e. The highest BCUT2D eigenvalue weighted by Gasteiger charge is 2.69. The minimum absolute atomic E-state index is 0.000204. The molecule has 3 aromatic rings. The fourth-order valence-corrected chi connectivity index (χ4v) is 13.0. The zero-order chi connectivity index (χ0) is 34.0. The lowest BCUT2D eigenvalue weighted by atomic mass is 9.33. The minimum Gasteiger partial charge on any atom is -0.466 e. The number of halogens is 1. The lowest BCUT2D eigenvalue weighted by molar-refractivity contribution is -0.183. The average Bonchev–Trinajstić information content (AvgIpc) is 3.51. The minimum atomic E-state index is -0.405. The van der Waals surface area contributed by atoms with E-state index < -0.39 is 5.41 Å². The van der Waals surface area contributed by atoms with Crippen LogP contribution in [0, 0.1) is 57.1 Å². The van der Waals surface area contributed by atoms with Crippen molar-refractivity contribution in [1.82, 2.24) is 19.6 Å². The van der Waals surface area contributed by atoms with Crippen molar-refractivity contribution in [3.8, 4) is 11.3 Å². The molecule has 1 aromatic carbocycles. The molecular weight excluding hydrogens is 599 g/mol. The van der Waals surface area contributed by atoms with Crippen LogP contribution in [-0.2, 0) is 21.4 Å². The molecule has 2 aromatic heterocycles. The number of fused-ring (bicyclic) bond motifs is 9. The van der Waals surface area contributed by atoms with E-state index >= 15 is 0 Å². The Balaban J connectivity index is 1.28. The average molecular weight is 653 g/mol. The van der Waals surface area contributed by atoms with E-state index in [1.165, 1.54) is 11.6 Å². The summed E-state index contributed by atoms with van der Waals surface area (Å²) in [6.07, 6.45) is 12.3. The van der Waals surface area contributed by atoms with Crippen molar-refractivity contribution in [2.45, 2.75) is 112 Å². The van der Waals surface area contributed by atoms with Crippen LogP contribution in [0.4, 0.5) is 4.39 Å². The number of carbonyl (C=O) groups excluding carboxylic acids is 1. The fourth-order valence-electron chi connectivity index (χ4n) is 13.0. The number of rotatable bonds is 3. The number of carbonyl (C=O) groups is 1. The number of aromatic nitrogens is 4. The van der Waals surface area contributed by atoms with E-state index in [4.69, 9.17) is 9.72 Å². The Morgan fingerprint density at radius 1 is 1.04 bits per heavy atom. The molecule has 0 N–H and O–H groups in total. The number of allylic oxidation sites excluding steroid dienone is 2. The summed E-state index contributed by atoms with van der Waals surface area (Å²) in [5.41, 5.74) is 5.02. The first kappa shape index (κ1) is 32.1. The summed E-state index contributed by atoms with van der Waals surface area (Å²) in [7, 11) is 0. The Bertz CT molecular complexity index is 1850. The van der Waals surface area contributed by atoms with Gasteiger partial charge in [0.05, 0.1) is 23.4 Å². The van der Waals surface area contributed by atoms with Gasteiger partial charge in [0.25, 0.3) is 5.78 Å². The van der Waals surface area contributed by atoms with Crippen LogP contribution in [0.2, 0.25) is 0 Å². The number of nitrogens with zero attached hydrogens (tertiary/aromatic N) is 4. The van der Waals surface area contributed by atoms with Crippen LogP contribution in [0.1, 0.15) is 112 Å². The summed E-state index contributed by atoms with van der Waals surface area (Å²) in [6.45, 7) is 19.7. The molecule has 3 fully saturated rings. The number of hydrogen-bond donors (Lipinski definition) is 0. The molecule has 48 heavy (non-hydrogen) atoms. The molecule has 0 amide bonds. The van der Waals surface area contributed by atoms with Crippen LogP contribution in [0.25, 0.3) is 17.0 Å². The topological polar surface area (TPSA) is 69.4 Å². The molecule has 7 heteroatoms. The SMILES string of the molecule is CCOC(=O)[C@]12CC[C@@H](C)[C@H](C)C1C1=CCC3[C@@]4(C)Cc5c(nc6ncnn6c5-c5cccc(F)c5)C(C)(C)C4CC[C@@]3(C)[C@]1(C)CC2. The standard InChI is InChI=1S/C41H53FN4O2/c1-9-48-35(47)41-18-15-24(2)25(3)32(41)29-13-14-31-38(6)22-28-33(26-11-10-12-27(42)21-26)46-36(43-23-44-46)45-34(28)37(4,5)30(38)16-17-40(31,8)39(29,7)19-20-41/h10-13,21,23-25,30-32H,9,14-20,22H2,1-8H3/t24-,25+,30?,31?,32?,38+,39-,40-,41+/m1/s1. The molecule has 8 rings (SSSR count). The highest BCUT2D eigenvalue weighted by Crippen LogP contribution is 2.75. The highest BCUT2D eigenvalue weighted by atomic mass is 19.1. The Morgan fingerprint density at radius 2 is 1.83 bits per heavy atom. The van der Waals surface area contributed by atoms with E-state index in [-0.39, 0.29) is 39.4 Å². The third kappa shape index (κ3) is 3.96. The van der Waals surface area contributed by atoms with Crippen molar-refractivity contribution >= 4 is 11.7 Å². The molecule has 9 atom stereocenters. The second-order valence-electron chi connectivity index (χ2n) is 17.7.